The van der Waals surface area contributed by atoms with Gasteiger partial charge in [-0.15, -0.1) is 0 Å². The Morgan fingerprint density at radius 1 is 0.788 bits per heavy atom. The van der Waals surface area contributed by atoms with E-state index in [9.17, 15) is 24.3 Å². The first-order chi connectivity index (χ1) is 32.1. The summed E-state index contributed by atoms with van der Waals surface area (Å²) in [5, 5.41) is 17.1. The van der Waals surface area contributed by atoms with E-state index < -0.39 is 12.3 Å². The molecule has 16 nitrogen and oxygen atoms in total. The molecule has 3 amide bonds. The Bertz CT molecular complexity index is 2340. The molecule has 1 saturated carbocycles. The Labute approximate surface area is 387 Å². The number of pyridine rings is 1. The van der Waals surface area contributed by atoms with Crippen LogP contribution in [0.4, 0.5) is 29.0 Å². The zero-order valence-electron chi connectivity index (χ0n) is 38.6. The monoisotopic (exact) mass is 900 g/mol. The normalized spacial score (nSPS) is 24.0. The maximum Gasteiger partial charge on any atom is 0.255 e. The number of ketones is 1. The number of Topliss-reactive ketones (excluding diaryl/α,β-unsaturated/α-hetero) is 1. The van der Waals surface area contributed by atoms with Gasteiger partial charge in [0, 0.05) is 99.9 Å². The summed E-state index contributed by atoms with van der Waals surface area (Å²) in [7, 11) is 0. The number of imide groups is 1. The lowest BCUT2D eigenvalue weighted by Gasteiger charge is -2.40. The molecule has 3 aromatic rings. The Morgan fingerprint density at radius 3 is 2.15 bits per heavy atom. The minimum atomic E-state index is -1.02. The van der Waals surface area contributed by atoms with Gasteiger partial charge in [-0.25, -0.2) is 9.97 Å². The number of piperazine rings is 1. The molecular weight excluding hydrogens is 835 g/mol. The lowest BCUT2D eigenvalue weighted by Crippen LogP contribution is -2.52. The molecule has 350 valence electrons. The van der Waals surface area contributed by atoms with Crippen molar-refractivity contribution in [3.05, 3.63) is 65.0 Å². The molecule has 66 heavy (non-hydrogen) atoms. The van der Waals surface area contributed by atoms with Crippen molar-refractivity contribution in [3.8, 4) is 0 Å². The second-order valence-corrected chi connectivity index (χ2v) is 19.8. The van der Waals surface area contributed by atoms with Gasteiger partial charge in [0.05, 0.1) is 11.9 Å². The fraction of sp³-hybridized carbons (Fsp3) is 0.580. The molecule has 0 radical (unpaired) electrons. The number of nitrogens with one attached hydrogen (secondary N) is 2. The average molecular weight is 900 g/mol. The molecule has 2 atom stereocenters. The Morgan fingerprint density at radius 2 is 1.47 bits per heavy atom. The van der Waals surface area contributed by atoms with Crippen LogP contribution in [-0.4, -0.2) is 142 Å². The lowest BCUT2D eigenvalue weighted by molar-refractivity contribution is -0.137. The molecule has 0 bridgehead atoms. The molecule has 4 saturated heterocycles. The summed E-state index contributed by atoms with van der Waals surface area (Å²) in [6, 6.07) is 9.75. The first kappa shape index (κ1) is 44.4. The zero-order valence-corrected chi connectivity index (χ0v) is 38.6. The number of likely N-dealkylation sites (tertiary alicyclic amines) is 1. The number of aliphatic hydroxyl groups excluding tert-OH is 1. The molecule has 7 aliphatic rings. The predicted molar refractivity (Wildman–Crippen MR) is 253 cm³/mol. The zero-order chi connectivity index (χ0) is 45.5. The van der Waals surface area contributed by atoms with Crippen molar-refractivity contribution in [1.29, 1.82) is 0 Å². The molecule has 16 heteroatoms. The summed E-state index contributed by atoms with van der Waals surface area (Å²) < 4.78 is 0. The number of rotatable bonds is 12. The summed E-state index contributed by atoms with van der Waals surface area (Å²) in [6.45, 7) is 14.5. The minimum absolute atomic E-state index is 0.115. The van der Waals surface area contributed by atoms with E-state index in [2.05, 4.69) is 53.4 Å². The summed E-state index contributed by atoms with van der Waals surface area (Å²) in [4.78, 5) is 77.8. The third-order valence-corrected chi connectivity index (χ3v) is 15.8. The van der Waals surface area contributed by atoms with E-state index in [1.807, 2.05) is 30.2 Å². The summed E-state index contributed by atoms with van der Waals surface area (Å²) in [5.41, 5.74) is 5.85. The van der Waals surface area contributed by atoms with Crippen LogP contribution in [0.2, 0.25) is 0 Å². The molecule has 1 aromatic carbocycles. The number of allylic oxidation sites excluding steroid dienone is 1. The summed E-state index contributed by atoms with van der Waals surface area (Å²) in [6.07, 6.45) is 13.7. The number of nitrogens with zero attached hydrogens (tertiary/aromatic N) is 9. The van der Waals surface area contributed by atoms with Gasteiger partial charge in [0.15, 0.2) is 12.0 Å². The third-order valence-electron chi connectivity index (χ3n) is 15.8. The Hall–Kier alpha value is -5.45. The van der Waals surface area contributed by atoms with Crippen LogP contribution in [0.25, 0.3) is 5.57 Å². The van der Waals surface area contributed by atoms with Gasteiger partial charge in [0.1, 0.15) is 17.7 Å². The quantitative estimate of drug-likeness (QED) is 0.209. The number of carbonyl (C=O) groups excluding carboxylic acids is 4. The van der Waals surface area contributed by atoms with Crippen molar-refractivity contribution in [2.75, 3.05) is 85.5 Å². The SMILES string of the molecule is CC(=O)C1=C(C)c2cnc(Nc3ccc(N4CCN(CCN5CCC(CC6CCN(c7ccc8c(c7)CN(C7CCC(=O)NC7=O)C8=O)CC6)CC5)CC4)cn3)nc2N(C2CCCC2)C1O. The predicted octanol–water partition coefficient (Wildman–Crippen LogP) is 4.96. The van der Waals surface area contributed by atoms with Gasteiger partial charge in [-0.2, -0.15) is 4.98 Å². The highest BCUT2D eigenvalue weighted by Crippen LogP contribution is 2.41. The van der Waals surface area contributed by atoms with Crippen molar-refractivity contribution in [2.45, 2.75) is 109 Å². The van der Waals surface area contributed by atoms with Crippen molar-refractivity contribution >= 4 is 58.0 Å². The van der Waals surface area contributed by atoms with Gasteiger partial charge in [-0.1, -0.05) is 12.8 Å². The van der Waals surface area contributed by atoms with Gasteiger partial charge < -0.3 is 34.9 Å². The fourth-order valence-electron chi connectivity index (χ4n) is 11.9. The molecule has 2 aromatic heterocycles. The highest BCUT2D eigenvalue weighted by atomic mass is 16.3. The van der Waals surface area contributed by atoms with E-state index in [0.29, 0.717) is 41.7 Å². The van der Waals surface area contributed by atoms with Crippen LogP contribution >= 0.6 is 0 Å². The molecule has 10 rings (SSSR count). The van der Waals surface area contributed by atoms with Crippen LogP contribution in [0.3, 0.4) is 0 Å². The van der Waals surface area contributed by atoms with Crippen molar-refractivity contribution in [3.63, 3.8) is 0 Å². The van der Waals surface area contributed by atoms with Crippen molar-refractivity contribution in [1.82, 2.24) is 35.0 Å². The first-order valence-electron chi connectivity index (χ1n) is 24.6. The van der Waals surface area contributed by atoms with E-state index in [1.54, 1.807) is 11.1 Å². The number of fused-ring (bicyclic) bond motifs is 2. The van der Waals surface area contributed by atoms with E-state index in [4.69, 9.17) is 9.97 Å². The molecule has 2 unspecified atom stereocenters. The van der Waals surface area contributed by atoms with E-state index in [0.717, 1.165) is 118 Å². The molecule has 8 heterocycles. The highest BCUT2D eigenvalue weighted by molar-refractivity contribution is 6.06. The van der Waals surface area contributed by atoms with E-state index >= 15 is 0 Å². The number of aromatic nitrogens is 3. The molecule has 6 aliphatic heterocycles. The Kier molecular flexibility index (Phi) is 12.8. The topological polar surface area (TPSA) is 171 Å². The maximum atomic E-state index is 13.2. The average Bonchev–Trinajstić information content (AvgIpc) is 3.97. The van der Waals surface area contributed by atoms with Crippen molar-refractivity contribution < 1.29 is 24.3 Å². The van der Waals surface area contributed by atoms with Crippen LogP contribution in [0.1, 0.15) is 106 Å². The number of anilines is 5. The van der Waals surface area contributed by atoms with E-state index in [1.165, 1.54) is 52.1 Å². The van der Waals surface area contributed by atoms with Crippen LogP contribution in [0.15, 0.2) is 48.3 Å². The second-order valence-electron chi connectivity index (χ2n) is 19.8. The van der Waals surface area contributed by atoms with Gasteiger partial charge in [-0.05, 0) is 132 Å². The van der Waals surface area contributed by atoms with Crippen LogP contribution in [0.5, 0.6) is 0 Å². The fourth-order valence-corrected chi connectivity index (χ4v) is 11.9. The third kappa shape index (κ3) is 9.15. The van der Waals surface area contributed by atoms with Crippen LogP contribution < -0.4 is 25.3 Å². The molecule has 0 spiro atoms. The summed E-state index contributed by atoms with van der Waals surface area (Å²) in [5.74, 6) is 2.41. The van der Waals surface area contributed by atoms with Crippen LogP contribution in [-0.2, 0) is 20.9 Å². The number of benzene rings is 1. The van der Waals surface area contributed by atoms with Crippen LogP contribution in [0, 0.1) is 11.8 Å². The first-order valence-corrected chi connectivity index (χ1v) is 24.6. The largest absolute Gasteiger partial charge is 0.372 e. The van der Waals surface area contributed by atoms with Gasteiger partial charge >= 0.3 is 0 Å². The molecular formula is C50H65N11O5. The number of hydrogen-bond donors (Lipinski definition) is 3. The molecule has 1 aliphatic carbocycles. The molecule has 5 fully saturated rings. The Balaban J connectivity index is 0.635. The van der Waals surface area contributed by atoms with Gasteiger partial charge in [-0.3, -0.25) is 29.4 Å². The number of carbonyl (C=O) groups is 4. The van der Waals surface area contributed by atoms with Crippen molar-refractivity contribution in [2.24, 2.45) is 11.8 Å². The molecule has 3 N–H and O–H groups in total. The highest BCUT2D eigenvalue weighted by Gasteiger charge is 2.41. The van der Waals surface area contributed by atoms with E-state index in [-0.39, 0.29) is 36.0 Å². The second kappa shape index (κ2) is 19.0. The van der Waals surface area contributed by atoms with Gasteiger partial charge in [0.2, 0.25) is 17.8 Å². The van der Waals surface area contributed by atoms with Gasteiger partial charge in [0.25, 0.3) is 5.91 Å². The number of amides is 3. The summed E-state index contributed by atoms with van der Waals surface area (Å²) >= 11 is 0. The standard InChI is InChI=1S/C50H65N11O5/c1-32-41-30-52-50(55-46(41)61(37-5-3-4-6-37)49(66)45(32)33(2)62)53-43-11-8-39(29-51-43)59-25-23-57(24-26-59)22-21-56-17-13-34(14-18-56)27-35-15-19-58(20-16-35)38-7-9-40-36(28-38)31-60(48(40)65)42-10-12-44(63)54-47(42)64/h7-9,11,28-30,34-35,37,42,49,66H,3-6,10,12-27,31H2,1-2H3,(H,54,63,64)(H,51,52,53,55). The lowest BCUT2D eigenvalue weighted by atomic mass is 9.82. The maximum absolute atomic E-state index is 13.2. The number of hydrogen-bond acceptors (Lipinski definition) is 14. The number of piperidine rings is 3. The minimum Gasteiger partial charge on any atom is -0.372 e. The number of aliphatic hydroxyl groups is 1. The smallest absolute Gasteiger partial charge is 0.255 e.